The molecule has 0 spiro atoms. The zero-order chi connectivity index (χ0) is 41.4. The average Bonchev–Trinajstić information content (AvgIpc) is 3.94. The molecule has 0 aliphatic heterocycles. The van der Waals surface area contributed by atoms with E-state index in [1.165, 1.54) is 74.7 Å². The van der Waals surface area contributed by atoms with Gasteiger partial charge in [-0.25, -0.2) is 0 Å². The van der Waals surface area contributed by atoms with E-state index in [0.717, 1.165) is 50.2 Å². The van der Waals surface area contributed by atoms with E-state index in [1.807, 2.05) is 11.3 Å². The van der Waals surface area contributed by atoms with E-state index in [-0.39, 0.29) is 0 Å². The van der Waals surface area contributed by atoms with Gasteiger partial charge in [-0.2, -0.15) is 0 Å². The maximum absolute atomic E-state index is 6.57. The maximum atomic E-state index is 6.57. The number of hydrogen-bond acceptors (Lipinski definition) is 3. The largest absolute Gasteiger partial charge is 0.455 e. The minimum atomic E-state index is 0.916. The summed E-state index contributed by atoms with van der Waals surface area (Å²) in [5, 5.41) is 12.4. The molecule has 0 N–H and O–H groups in total. The van der Waals surface area contributed by atoms with Crippen LogP contribution in [-0.4, -0.2) is 0 Å². The lowest BCUT2D eigenvalue weighted by Crippen LogP contribution is -2.10. The number of anilines is 3. The van der Waals surface area contributed by atoms with Crippen molar-refractivity contribution in [2.24, 2.45) is 0 Å². The fraction of sp³-hybridized carbons (Fsp3) is 0. The highest BCUT2D eigenvalue weighted by atomic mass is 32.1. The summed E-state index contributed by atoms with van der Waals surface area (Å²) in [4.78, 5) is 2.43. The Morgan fingerprint density at radius 2 is 0.810 bits per heavy atom. The number of furan rings is 1. The fourth-order valence-electron chi connectivity index (χ4n) is 9.82. The van der Waals surface area contributed by atoms with Crippen LogP contribution in [0, 0.1) is 0 Å². The zero-order valence-corrected chi connectivity index (χ0v) is 34.9. The number of fused-ring (bicyclic) bond motifs is 11. The smallest absolute Gasteiger partial charge is 0.143 e. The molecule has 0 unspecified atom stereocenters. The zero-order valence-electron chi connectivity index (χ0n) is 34.1. The number of hydrogen-bond donors (Lipinski definition) is 0. The number of para-hydroxylation sites is 1. The van der Waals surface area contributed by atoms with Gasteiger partial charge in [0.05, 0.1) is 10.4 Å². The molecule has 0 radical (unpaired) electrons. The molecule has 0 saturated carbocycles. The highest BCUT2D eigenvalue weighted by Gasteiger charge is 2.20. The monoisotopic (exact) mass is 819 g/mol. The molecule has 0 amide bonds. The Hall–Kier alpha value is -7.98. The molecule has 11 aromatic carbocycles. The first kappa shape index (κ1) is 35.7. The Labute approximate surface area is 368 Å². The Morgan fingerprint density at radius 1 is 0.317 bits per heavy atom. The van der Waals surface area contributed by atoms with Crippen molar-refractivity contribution in [2.45, 2.75) is 0 Å². The van der Waals surface area contributed by atoms with E-state index >= 15 is 0 Å². The lowest BCUT2D eigenvalue weighted by Gasteiger charge is -2.26. The second-order valence-corrected chi connectivity index (χ2v) is 17.4. The van der Waals surface area contributed by atoms with Gasteiger partial charge in [0.15, 0.2) is 0 Å². The molecule has 13 rings (SSSR count). The van der Waals surface area contributed by atoms with E-state index < -0.39 is 0 Å². The summed E-state index contributed by atoms with van der Waals surface area (Å²) < 4.78 is 9.17. The van der Waals surface area contributed by atoms with Crippen molar-refractivity contribution in [2.75, 3.05) is 4.90 Å². The van der Waals surface area contributed by atoms with Crippen LogP contribution in [0.4, 0.5) is 17.1 Å². The molecule has 13 aromatic rings. The van der Waals surface area contributed by atoms with Crippen molar-refractivity contribution >= 4 is 103 Å². The Balaban J connectivity index is 0.898. The van der Waals surface area contributed by atoms with E-state index in [2.05, 4.69) is 229 Å². The molecule has 294 valence electrons. The molecule has 0 aliphatic carbocycles. The van der Waals surface area contributed by atoms with Crippen LogP contribution in [0.1, 0.15) is 0 Å². The summed E-state index contributed by atoms with van der Waals surface area (Å²) in [6.07, 6.45) is 0. The molecule has 0 fully saturated rings. The topological polar surface area (TPSA) is 16.4 Å². The summed E-state index contributed by atoms with van der Waals surface area (Å²) in [7, 11) is 0. The summed E-state index contributed by atoms with van der Waals surface area (Å²) in [5.41, 5.74) is 12.2. The van der Waals surface area contributed by atoms with Crippen LogP contribution in [0.2, 0.25) is 0 Å². The van der Waals surface area contributed by atoms with Gasteiger partial charge in [0.2, 0.25) is 0 Å². The summed E-state index contributed by atoms with van der Waals surface area (Å²) in [5.74, 6) is 0. The Morgan fingerprint density at radius 3 is 1.57 bits per heavy atom. The van der Waals surface area contributed by atoms with E-state index in [9.17, 15) is 0 Å². The highest BCUT2D eigenvalue weighted by molar-refractivity contribution is 7.27. The molecular formula is C60H37NOS. The molecular weight excluding hydrogens is 783 g/mol. The van der Waals surface area contributed by atoms with Crippen molar-refractivity contribution in [1.29, 1.82) is 0 Å². The molecule has 2 nitrogen and oxygen atoms in total. The van der Waals surface area contributed by atoms with Gasteiger partial charge in [-0.15, -0.1) is 11.3 Å². The van der Waals surface area contributed by atoms with Gasteiger partial charge in [0.25, 0.3) is 0 Å². The first-order valence-corrected chi connectivity index (χ1v) is 22.3. The van der Waals surface area contributed by atoms with Gasteiger partial charge in [-0.1, -0.05) is 188 Å². The van der Waals surface area contributed by atoms with Gasteiger partial charge in [0, 0.05) is 43.2 Å². The molecule has 3 heteroatoms. The number of rotatable bonds is 6. The maximum Gasteiger partial charge on any atom is 0.143 e. The van der Waals surface area contributed by atoms with Crippen molar-refractivity contribution in [3.05, 3.63) is 224 Å². The van der Waals surface area contributed by atoms with Crippen molar-refractivity contribution in [3.63, 3.8) is 0 Å². The van der Waals surface area contributed by atoms with Crippen molar-refractivity contribution in [3.8, 4) is 33.4 Å². The number of nitrogens with zero attached hydrogens (tertiary/aromatic N) is 1. The lowest BCUT2D eigenvalue weighted by atomic mass is 9.97. The molecule has 0 aliphatic rings. The predicted octanol–water partition coefficient (Wildman–Crippen LogP) is 17.9. The van der Waals surface area contributed by atoms with Gasteiger partial charge in [0.1, 0.15) is 11.2 Å². The summed E-state index contributed by atoms with van der Waals surface area (Å²) in [6, 6.07) is 81.6. The van der Waals surface area contributed by atoms with Gasteiger partial charge >= 0.3 is 0 Å². The predicted molar refractivity (Wildman–Crippen MR) is 270 cm³/mol. The second-order valence-electron chi connectivity index (χ2n) is 16.4. The van der Waals surface area contributed by atoms with Crippen LogP contribution >= 0.6 is 11.3 Å². The number of benzene rings is 11. The van der Waals surface area contributed by atoms with Crippen molar-refractivity contribution < 1.29 is 4.42 Å². The first-order valence-electron chi connectivity index (χ1n) is 21.5. The third-order valence-electron chi connectivity index (χ3n) is 12.9. The summed E-state index contributed by atoms with van der Waals surface area (Å²) in [6.45, 7) is 0. The summed E-state index contributed by atoms with van der Waals surface area (Å²) >= 11 is 1.89. The SMILES string of the molecule is c1ccc2c(-c3ccc(N(c4ccc(-c5ccc(-c6cccc7c6oc6ccc8ccccc8c67)cc5)cc4)c4cccc5c4sc4c6ccccc6ccc54)cc3)cccc2c1. The third-order valence-corrected chi connectivity index (χ3v) is 14.2. The van der Waals surface area contributed by atoms with Crippen LogP contribution < -0.4 is 4.90 Å². The fourth-order valence-corrected chi connectivity index (χ4v) is 11.2. The average molecular weight is 820 g/mol. The van der Waals surface area contributed by atoms with Gasteiger partial charge in [-0.05, 0) is 96.5 Å². The quantitative estimate of drug-likeness (QED) is 0.166. The highest BCUT2D eigenvalue weighted by Crippen LogP contribution is 2.47. The van der Waals surface area contributed by atoms with Crippen LogP contribution in [0.3, 0.4) is 0 Å². The Kier molecular flexibility index (Phi) is 8.12. The van der Waals surface area contributed by atoms with Crippen molar-refractivity contribution in [1.82, 2.24) is 0 Å². The molecule has 2 heterocycles. The van der Waals surface area contributed by atoms with Crippen LogP contribution in [0.25, 0.3) is 108 Å². The molecule has 0 bridgehead atoms. The van der Waals surface area contributed by atoms with Crippen LogP contribution in [0.5, 0.6) is 0 Å². The van der Waals surface area contributed by atoms with E-state index in [0.29, 0.717) is 0 Å². The standard InChI is InChI=1S/C60H37NOS/c1-4-14-47-40(10-1)13-7-17-48(47)43-28-34-46(35-29-43)61(55-21-9-19-52-53-36-30-42-12-3-6-16-51(42)59(53)63-60(52)55)45-32-26-39(27-33-45)38-22-24-44(25-23-38)50-18-8-20-54-57-49-15-5-2-11-41(49)31-37-56(57)62-58(50)54/h1-37H. The molecule has 63 heavy (non-hydrogen) atoms. The normalized spacial score (nSPS) is 11.8. The van der Waals surface area contributed by atoms with Crippen LogP contribution in [0.15, 0.2) is 229 Å². The van der Waals surface area contributed by atoms with E-state index in [4.69, 9.17) is 4.42 Å². The van der Waals surface area contributed by atoms with Gasteiger partial charge in [-0.3, -0.25) is 0 Å². The second kappa shape index (κ2) is 14.3. The molecule has 0 saturated heterocycles. The number of thiophene rings is 1. The van der Waals surface area contributed by atoms with E-state index in [1.54, 1.807) is 0 Å². The first-order chi connectivity index (χ1) is 31.2. The third kappa shape index (κ3) is 5.78. The Bertz CT molecular complexity index is 3890. The molecule has 2 aromatic heterocycles. The van der Waals surface area contributed by atoms with Crippen LogP contribution in [-0.2, 0) is 0 Å². The van der Waals surface area contributed by atoms with Gasteiger partial charge < -0.3 is 9.32 Å². The molecule has 0 atom stereocenters. The minimum Gasteiger partial charge on any atom is -0.455 e. The minimum absolute atomic E-state index is 0.916. The lowest BCUT2D eigenvalue weighted by molar-refractivity contribution is 0.670.